The summed E-state index contributed by atoms with van der Waals surface area (Å²) < 4.78 is 4.79. The summed E-state index contributed by atoms with van der Waals surface area (Å²) in [5.74, 6) is 0. The van der Waals surface area contributed by atoms with Crippen LogP contribution in [0.1, 0.15) is 29.0 Å². The molecule has 0 fully saturated rings. The van der Waals surface area contributed by atoms with E-state index in [2.05, 4.69) is 57.2 Å². The number of fused-ring (bicyclic) bond motifs is 1. The molecule has 0 bridgehead atoms. The standard InChI is InChI=1S/C18H20N4S2/c1-14(15-5-3-2-4-6-15)21-12-19-22(18(21)23)13-20-9-7-17-16(11-20)8-10-24-17/h2-6,8,10,12,14H,7,9,11,13H2,1H3. The van der Waals surface area contributed by atoms with E-state index < -0.39 is 0 Å². The zero-order valence-corrected chi connectivity index (χ0v) is 15.3. The summed E-state index contributed by atoms with van der Waals surface area (Å²) in [5, 5.41) is 6.73. The molecule has 0 aliphatic carbocycles. The third kappa shape index (κ3) is 2.97. The summed E-state index contributed by atoms with van der Waals surface area (Å²) in [6.45, 7) is 4.97. The Morgan fingerprint density at radius 2 is 2.08 bits per heavy atom. The fraction of sp³-hybridized carbons (Fsp3) is 0.333. The molecule has 2 aromatic heterocycles. The molecular weight excluding hydrogens is 336 g/mol. The molecule has 0 spiro atoms. The number of aromatic nitrogens is 3. The highest BCUT2D eigenvalue weighted by molar-refractivity contribution is 7.71. The molecule has 4 nitrogen and oxygen atoms in total. The van der Waals surface area contributed by atoms with Crippen molar-refractivity contribution in [3.05, 3.63) is 68.9 Å². The zero-order valence-electron chi connectivity index (χ0n) is 13.6. The van der Waals surface area contributed by atoms with Gasteiger partial charge in [0.1, 0.15) is 6.33 Å². The molecule has 3 aromatic rings. The SMILES string of the molecule is CC(c1ccccc1)n1cnn(CN2CCc3sccc3C2)c1=S. The van der Waals surface area contributed by atoms with Gasteiger partial charge in [-0.2, -0.15) is 5.10 Å². The maximum absolute atomic E-state index is 5.67. The lowest BCUT2D eigenvalue weighted by molar-refractivity contribution is 0.189. The predicted molar refractivity (Wildman–Crippen MR) is 99.7 cm³/mol. The molecule has 24 heavy (non-hydrogen) atoms. The smallest absolute Gasteiger partial charge is 0.199 e. The molecule has 4 rings (SSSR count). The Kier molecular flexibility index (Phi) is 4.35. The minimum absolute atomic E-state index is 0.192. The predicted octanol–water partition coefficient (Wildman–Crippen LogP) is 4.10. The Bertz CT molecular complexity index is 878. The van der Waals surface area contributed by atoms with Crippen molar-refractivity contribution in [3.8, 4) is 0 Å². The van der Waals surface area contributed by atoms with Gasteiger partial charge in [-0.25, -0.2) is 4.68 Å². The van der Waals surface area contributed by atoms with E-state index in [1.807, 2.05) is 28.4 Å². The van der Waals surface area contributed by atoms with Crippen molar-refractivity contribution in [2.24, 2.45) is 0 Å². The van der Waals surface area contributed by atoms with Crippen LogP contribution in [0.3, 0.4) is 0 Å². The molecule has 0 saturated heterocycles. The molecule has 0 saturated carbocycles. The first-order valence-corrected chi connectivity index (χ1v) is 9.47. The van der Waals surface area contributed by atoms with Crippen LogP contribution in [0, 0.1) is 4.77 Å². The zero-order chi connectivity index (χ0) is 16.5. The fourth-order valence-electron chi connectivity index (χ4n) is 3.22. The molecule has 1 unspecified atom stereocenters. The topological polar surface area (TPSA) is 26.0 Å². The van der Waals surface area contributed by atoms with E-state index in [0.717, 1.165) is 31.0 Å². The lowest BCUT2D eigenvalue weighted by atomic mass is 10.1. The molecule has 1 atom stereocenters. The van der Waals surface area contributed by atoms with E-state index in [1.54, 1.807) is 0 Å². The van der Waals surface area contributed by atoms with Gasteiger partial charge in [0.15, 0.2) is 4.77 Å². The van der Waals surface area contributed by atoms with Gasteiger partial charge in [0.05, 0.1) is 12.7 Å². The number of thiophene rings is 1. The molecule has 0 N–H and O–H groups in total. The molecule has 1 aliphatic heterocycles. The van der Waals surface area contributed by atoms with Crippen LogP contribution in [-0.4, -0.2) is 25.8 Å². The molecule has 6 heteroatoms. The molecule has 124 valence electrons. The van der Waals surface area contributed by atoms with Crippen LogP contribution in [0.25, 0.3) is 0 Å². The van der Waals surface area contributed by atoms with Gasteiger partial charge >= 0.3 is 0 Å². The van der Waals surface area contributed by atoms with Gasteiger partial charge in [0.25, 0.3) is 0 Å². The molecule has 1 aromatic carbocycles. The Labute approximate surface area is 151 Å². The molecular formula is C18H20N4S2. The van der Waals surface area contributed by atoms with Crippen molar-refractivity contribution in [2.75, 3.05) is 6.54 Å². The van der Waals surface area contributed by atoms with Gasteiger partial charge in [0.2, 0.25) is 0 Å². The van der Waals surface area contributed by atoms with E-state index in [4.69, 9.17) is 12.2 Å². The van der Waals surface area contributed by atoms with Crippen LogP contribution in [0.5, 0.6) is 0 Å². The first-order chi connectivity index (χ1) is 11.7. The maximum Gasteiger partial charge on any atom is 0.199 e. The third-order valence-electron chi connectivity index (χ3n) is 4.68. The van der Waals surface area contributed by atoms with Crippen LogP contribution >= 0.6 is 23.6 Å². The van der Waals surface area contributed by atoms with E-state index in [-0.39, 0.29) is 6.04 Å². The summed E-state index contributed by atoms with van der Waals surface area (Å²) in [4.78, 5) is 3.94. The minimum atomic E-state index is 0.192. The van der Waals surface area contributed by atoms with Gasteiger partial charge in [-0.15, -0.1) is 11.3 Å². The van der Waals surface area contributed by atoms with Crippen LogP contribution < -0.4 is 0 Å². The lowest BCUT2D eigenvalue weighted by Crippen LogP contribution is -2.32. The molecule has 0 radical (unpaired) electrons. The number of benzene rings is 1. The summed E-state index contributed by atoms with van der Waals surface area (Å²) >= 11 is 7.54. The summed E-state index contributed by atoms with van der Waals surface area (Å²) in [7, 11) is 0. The van der Waals surface area contributed by atoms with Gasteiger partial charge in [-0.05, 0) is 48.1 Å². The van der Waals surface area contributed by atoms with Gasteiger partial charge in [0, 0.05) is 18.0 Å². The van der Waals surface area contributed by atoms with Crippen LogP contribution in [0.2, 0.25) is 0 Å². The highest BCUT2D eigenvalue weighted by Gasteiger charge is 2.18. The van der Waals surface area contributed by atoms with Crippen molar-refractivity contribution in [1.29, 1.82) is 0 Å². The molecule has 0 amide bonds. The average Bonchev–Trinajstić information content (AvgIpc) is 3.22. The highest BCUT2D eigenvalue weighted by atomic mass is 32.1. The highest BCUT2D eigenvalue weighted by Crippen LogP contribution is 2.24. The van der Waals surface area contributed by atoms with Crippen LogP contribution in [0.4, 0.5) is 0 Å². The van der Waals surface area contributed by atoms with E-state index >= 15 is 0 Å². The van der Waals surface area contributed by atoms with Crippen LogP contribution in [-0.2, 0) is 19.6 Å². The second kappa shape index (κ2) is 6.63. The summed E-state index contributed by atoms with van der Waals surface area (Å²) in [5.41, 5.74) is 2.70. The number of hydrogen-bond acceptors (Lipinski definition) is 4. The minimum Gasteiger partial charge on any atom is -0.299 e. The Morgan fingerprint density at radius 1 is 1.25 bits per heavy atom. The number of hydrogen-bond donors (Lipinski definition) is 0. The Morgan fingerprint density at radius 3 is 2.92 bits per heavy atom. The monoisotopic (exact) mass is 356 g/mol. The first kappa shape index (κ1) is 15.7. The van der Waals surface area contributed by atoms with Crippen molar-refractivity contribution >= 4 is 23.6 Å². The summed E-state index contributed by atoms with van der Waals surface area (Å²) in [6, 6.07) is 12.9. The van der Waals surface area contributed by atoms with Gasteiger partial charge < -0.3 is 0 Å². The molecule has 1 aliphatic rings. The van der Waals surface area contributed by atoms with E-state index in [9.17, 15) is 0 Å². The lowest BCUT2D eigenvalue weighted by Gasteiger charge is -2.26. The van der Waals surface area contributed by atoms with Gasteiger partial charge in [-0.3, -0.25) is 9.47 Å². The van der Waals surface area contributed by atoms with Crippen molar-refractivity contribution < 1.29 is 0 Å². The molecule has 3 heterocycles. The fourth-order valence-corrected chi connectivity index (χ4v) is 4.42. The second-order valence-corrected chi connectivity index (χ2v) is 7.59. The maximum atomic E-state index is 5.67. The van der Waals surface area contributed by atoms with Crippen molar-refractivity contribution in [2.45, 2.75) is 32.6 Å². The number of rotatable bonds is 4. The first-order valence-electron chi connectivity index (χ1n) is 8.19. The quantitative estimate of drug-likeness (QED) is 0.658. The third-order valence-corrected chi connectivity index (χ3v) is 6.12. The van der Waals surface area contributed by atoms with Crippen LogP contribution in [0.15, 0.2) is 48.1 Å². The van der Waals surface area contributed by atoms with Crippen molar-refractivity contribution in [3.63, 3.8) is 0 Å². The Balaban J connectivity index is 1.52. The van der Waals surface area contributed by atoms with E-state index in [0.29, 0.717) is 0 Å². The normalized spacial score (nSPS) is 16.0. The summed E-state index contributed by atoms with van der Waals surface area (Å²) in [6.07, 6.45) is 2.99. The number of nitrogens with zero attached hydrogens (tertiary/aromatic N) is 4. The Hall–Kier alpha value is -1.76. The van der Waals surface area contributed by atoms with E-state index in [1.165, 1.54) is 16.0 Å². The second-order valence-electron chi connectivity index (χ2n) is 6.22. The average molecular weight is 357 g/mol. The largest absolute Gasteiger partial charge is 0.299 e. The van der Waals surface area contributed by atoms with Crippen molar-refractivity contribution in [1.82, 2.24) is 19.2 Å². The van der Waals surface area contributed by atoms with Gasteiger partial charge in [-0.1, -0.05) is 30.3 Å².